The van der Waals surface area contributed by atoms with E-state index < -0.39 is 18.5 Å². The van der Waals surface area contributed by atoms with Gasteiger partial charge in [-0.2, -0.15) is 5.26 Å². The summed E-state index contributed by atoms with van der Waals surface area (Å²) in [5, 5.41) is 13.0. The third-order valence-electron chi connectivity index (χ3n) is 6.27. The highest BCUT2D eigenvalue weighted by atomic mass is 32.1. The number of nitrogens with one attached hydrogen (secondary N) is 2. The third kappa shape index (κ3) is 4.24. The van der Waals surface area contributed by atoms with Gasteiger partial charge in [0.1, 0.15) is 16.9 Å². The first-order valence-corrected chi connectivity index (χ1v) is 12.4. The van der Waals surface area contributed by atoms with Crippen LogP contribution in [-0.4, -0.2) is 33.4 Å². The summed E-state index contributed by atoms with van der Waals surface area (Å²) >= 11 is 1.38. The molecule has 6 rings (SSSR count). The number of amides is 1. The molecule has 9 heteroatoms. The van der Waals surface area contributed by atoms with Crippen LogP contribution in [0.4, 0.5) is 5.00 Å². The summed E-state index contributed by atoms with van der Waals surface area (Å²) in [7, 11) is 0. The zero-order valence-corrected chi connectivity index (χ0v) is 20.3. The highest BCUT2D eigenvalue weighted by molar-refractivity contribution is 7.20. The van der Waals surface area contributed by atoms with Gasteiger partial charge in [0.25, 0.3) is 5.91 Å². The first kappa shape index (κ1) is 22.6. The molecular formula is C28H19N5O3S. The molecule has 2 N–H and O–H groups in total. The molecule has 2 aromatic carbocycles. The Balaban J connectivity index is 1.15. The van der Waals surface area contributed by atoms with Gasteiger partial charge in [-0.3, -0.25) is 9.78 Å². The first-order valence-electron chi connectivity index (χ1n) is 11.6. The van der Waals surface area contributed by atoms with Crippen molar-refractivity contribution in [1.82, 2.24) is 15.0 Å². The minimum Gasteiger partial charge on any atom is -0.452 e. The predicted molar refractivity (Wildman–Crippen MR) is 140 cm³/mol. The molecule has 0 aliphatic heterocycles. The van der Waals surface area contributed by atoms with Crippen LogP contribution < -0.4 is 5.32 Å². The maximum Gasteiger partial charge on any atom is 0.338 e. The standard InChI is InChI=1S/C28H19N5O3S/c29-13-21-20-9-7-16-4-1-2-6-19(16)25(20)37-27(21)33-24(34)15-36-28(35)17-8-10-22-23(12-17)32-26(31-22)18-5-3-11-30-14-18/h1-6,8,10-12,14H,7,9,15H2,(H,31,32)(H,33,34). The minimum absolute atomic E-state index is 0.294. The van der Waals surface area contributed by atoms with Gasteiger partial charge >= 0.3 is 5.97 Å². The van der Waals surface area contributed by atoms with Crippen LogP contribution >= 0.6 is 11.3 Å². The van der Waals surface area contributed by atoms with Crippen molar-refractivity contribution >= 4 is 39.2 Å². The van der Waals surface area contributed by atoms with Crippen LogP contribution in [0, 0.1) is 11.3 Å². The van der Waals surface area contributed by atoms with E-state index in [9.17, 15) is 14.9 Å². The molecule has 8 nitrogen and oxygen atoms in total. The molecule has 0 saturated carbocycles. The van der Waals surface area contributed by atoms with E-state index in [1.165, 1.54) is 16.9 Å². The van der Waals surface area contributed by atoms with Crippen LogP contribution in [0.15, 0.2) is 67.0 Å². The molecule has 0 bridgehead atoms. The Morgan fingerprint density at radius 2 is 2.03 bits per heavy atom. The summed E-state index contributed by atoms with van der Waals surface area (Å²) in [5.74, 6) is -0.490. The first-order chi connectivity index (χ1) is 18.1. The summed E-state index contributed by atoms with van der Waals surface area (Å²) < 4.78 is 5.26. The normalized spacial score (nSPS) is 11.9. The number of aryl methyl sites for hydroxylation is 1. The lowest BCUT2D eigenvalue weighted by atomic mass is 9.90. The smallest absolute Gasteiger partial charge is 0.338 e. The topological polar surface area (TPSA) is 121 Å². The Kier molecular flexibility index (Phi) is 5.71. The van der Waals surface area contributed by atoms with Gasteiger partial charge in [0.15, 0.2) is 6.61 Å². The molecule has 3 aromatic heterocycles. The number of aromatic amines is 1. The van der Waals surface area contributed by atoms with Gasteiger partial charge in [-0.05, 0) is 59.9 Å². The summed E-state index contributed by atoms with van der Waals surface area (Å²) in [4.78, 5) is 38.1. The molecular weight excluding hydrogens is 486 g/mol. The second kappa shape index (κ2) is 9.33. The Bertz CT molecular complexity index is 1720. The van der Waals surface area contributed by atoms with Gasteiger partial charge < -0.3 is 15.0 Å². The Morgan fingerprint density at radius 1 is 1.14 bits per heavy atom. The lowest BCUT2D eigenvalue weighted by Gasteiger charge is -2.15. The van der Waals surface area contributed by atoms with E-state index in [4.69, 9.17) is 4.74 Å². The third-order valence-corrected chi connectivity index (χ3v) is 7.45. The van der Waals surface area contributed by atoms with Gasteiger partial charge in [0.05, 0.1) is 22.2 Å². The number of nitrogens with zero attached hydrogens (tertiary/aromatic N) is 3. The molecule has 1 aliphatic rings. The number of esters is 1. The minimum atomic E-state index is -0.630. The maximum absolute atomic E-state index is 12.6. The molecule has 0 fully saturated rings. The number of fused-ring (bicyclic) bond motifs is 4. The Labute approximate surface area is 215 Å². The van der Waals surface area contributed by atoms with E-state index in [1.54, 1.807) is 30.6 Å². The number of ether oxygens (including phenoxy) is 1. The van der Waals surface area contributed by atoms with Crippen LogP contribution in [0.1, 0.15) is 27.0 Å². The van der Waals surface area contributed by atoms with Crippen LogP contribution in [0.5, 0.6) is 0 Å². The Hall–Kier alpha value is -4.81. The summed E-state index contributed by atoms with van der Waals surface area (Å²) in [6.07, 6.45) is 4.98. The largest absolute Gasteiger partial charge is 0.452 e. The van der Waals surface area contributed by atoms with Gasteiger partial charge in [-0.15, -0.1) is 11.3 Å². The molecule has 1 amide bonds. The fraction of sp³-hybridized carbons (Fsp3) is 0.107. The average molecular weight is 506 g/mol. The van der Waals surface area contributed by atoms with E-state index in [-0.39, 0.29) is 0 Å². The summed E-state index contributed by atoms with van der Waals surface area (Å²) in [6, 6.07) is 19.0. The quantitative estimate of drug-likeness (QED) is 0.320. The van der Waals surface area contributed by atoms with Gasteiger partial charge in [-0.25, -0.2) is 9.78 Å². The fourth-order valence-electron chi connectivity index (χ4n) is 4.50. The second-order valence-corrected chi connectivity index (χ2v) is 9.59. The number of nitriles is 1. The fourth-order valence-corrected chi connectivity index (χ4v) is 5.78. The molecule has 0 unspecified atom stereocenters. The number of hydrogen-bond acceptors (Lipinski definition) is 7. The van der Waals surface area contributed by atoms with Crippen LogP contribution in [-0.2, 0) is 22.4 Å². The molecule has 0 radical (unpaired) electrons. The van der Waals surface area contributed by atoms with Crippen molar-refractivity contribution in [3.8, 4) is 27.9 Å². The Morgan fingerprint density at radius 3 is 2.86 bits per heavy atom. The molecule has 3 heterocycles. The molecule has 1 aliphatic carbocycles. The van der Waals surface area contributed by atoms with Crippen molar-refractivity contribution in [3.05, 3.63) is 89.2 Å². The highest BCUT2D eigenvalue weighted by Gasteiger charge is 2.25. The number of imidazole rings is 1. The summed E-state index contributed by atoms with van der Waals surface area (Å²) in [6.45, 7) is -0.467. The molecule has 0 atom stereocenters. The van der Waals surface area contributed by atoms with Gasteiger partial charge in [-0.1, -0.05) is 24.3 Å². The van der Waals surface area contributed by atoms with E-state index in [1.807, 2.05) is 30.3 Å². The molecule has 180 valence electrons. The van der Waals surface area contributed by atoms with Crippen molar-refractivity contribution in [2.45, 2.75) is 12.8 Å². The second-order valence-electron chi connectivity index (χ2n) is 8.57. The predicted octanol–water partition coefficient (Wildman–Crippen LogP) is 5.12. The maximum atomic E-state index is 12.6. The number of thiophene rings is 1. The highest BCUT2D eigenvalue weighted by Crippen LogP contribution is 2.44. The van der Waals surface area contributed by atoms with Gasteiger partial charge in [0, 0.05) is 22.8 Å². The van der Waals surface area contributed by atoms with Crippen molar-refractivity contribution in [2.24, 2.45) is 0 Å². The number of benzene rings is 2. The number of H-pyrrole nitrogens is 1. The number of carbonyl (C=O) groups is 2. The molecule has 0 saturated heterocycles. The van der Waals surface area contributed by atoms with Gasteiger partial charge in [0.2, 0.25) is 0 Å². The van der Waals surface area contributed by atoms with Crippen molar-refractivity contribution in [2.75, 3.05) is 11.9 Å². The zero-order valence-electron chi connectivity index (χ0n) is 19.4. The SMILES string of the molecule is N#Cc1c(NC(=O)COC(=O)c2ccc3nc(-c4cccnc4)[nH]c3c2)sc2c1CCc1ccccc1-2. The van der Waals surface area contributed by atoms with E-state index in [0.717, 1.165) is 34.4 Å². The number of anilines is 1. The summed E-state index contributed by atoms with van der Waals surface area (Å²) in [5.41, 5.74) is 6.24. The van der Waals surface area contributed by atoms with Crippen LogP contribution in [0.2, 0.25) is 0 Å². The average Bonchev–Trinajstić information content (AvgIpc) is 3.52. The lowest BCUT2D eigenvalue weighted by molar-refractivity contribution is -0.119. The number of carbonyl (C=O) groups excluding carboxylic acids is 2. The van der Waals surface area contributed by atoms with E-state index >= 15 is 0 Å². The molecule has 0 spiro atoms. The van der Waals surface area contributed by atoms with Crippen molar-refractivity contribution in [1.29, 1.82) is 5.26 Å². The molecule has 5 aromatic rings. The van der Waals surface area contributed by atoms with E-state index in [2.05, 4.69) is 32.4 Å². The lowest BCUT2D eigenvalue weighted by Crippen LogP contribution is -2.20. The van der Waals surface area contributed by atoms with Crippen molar-refractivity contribution in [3.63, 3.8) is 0 Å². The monoisotopic (exact) mass is 505 g/mol. The van der Waals surface area contributed by atoms with Crippen molar-refractivity contribution < 1.29 is 14.3 Å². The number of rotatable bonds is 5. The number of aromatic nitrogens is 3. The van der Waals surface area contributed by atoms with Crippen LogP contribution in [0.25, 0.3) is 32.9 Å². The van der Waals surface area contributed by atoms with E-state index in [0.29, 0.717) is 33.0 Å². The van der Waals surface area contributed by atoms with Crippen LogP contribution in [0.3, 0.4) is 0 Å². The molecule has 37 heavy (non-hydrogen) atoms. The number of hydrogen-bond donors (Lipinski definition) is 2. The zero-order chi connectivity index (χ0) is 25.4. The number of pyridine rings is 1.